The van der Waals surface area contributed by atoms with Gasteiger partial charge in [0, 0.05) is 32.3 Å². The Balaban J connectivity index is 2.57. The molecule has 1 heterocycles. The van der Waals surface area contributed by atoms with Crippen molar-refractivity contribution >= 4 is 12.0 Å². The molecule has 0 radical (unpaired) electrons. The molecule has 0 bridgehead atoms. The molecule has 1 N–H and O–H groups in total. The molecule has 6 nitrogen and oxygen atoms in total. The number of aromatic nitrogens is 1. The molecular formula is C15H23N3O3. The molecule has 1 aromatic heterocycles. The van der Waals surface area contributed by atoms with Gasteiger partial charge in [0.25, 0.3) is 0 Å². The molecule has 2 amide bonds. The molecule has 0 unspecified atom stereocenters. The highest BCUT2D eigenvalue weighted by molar-refractivity contribution is 5.74. The molecule has 0 aromatic carbocycles. The van der Waals surface area contributed by atoms with Crippen LogP contribution in [0.15, 0.2) is 18.2 Å². The van der Waals surface area contributed by atoms with E-state index in [1.807, 2.05) is 32.0 Å². The van der Waals surface area contributed by atoms with Gasteiger partial charge in [0.15, 0.2) is 0 Å². The molecule has 0 atom stereocenters. The van der Waals surface area contributed by atoms with E-state index in [1.165, 1.54) is 0 Å². The van der Waals surface area contributed by atoms with E-state index in [0.717, 1.165) is 11.4 Å². The average Bonchev–Trinajstić information content (AvgIpc) is 2.43. The van der Waals surface area contributed by atoms with Gasteiger partial charge in [-0.25, -0.2) is 4.79 Å². The van der Waals surface area contributed by atoms with Crippen molar-refractivity contribution < 1.29 is 14.7 Å². The minimum Gasteiger partial charge on any atom is -0.481 e. The number of urea groups is 1. The molecule has 0 spiro atoms. The van der Waals surface area contributed by atoms with Crippen LogP contribution in [0.5, 0.6) is 0 Å². The van der Waals surface area contributed by atoms with Gasteiger partial charge in [-0.1, -0.05) is 6.07 Å². The average molecular weight is 293 g/mol. The quantitative estimate of drug-likeness (QED) is 0.835. The molecule has 0 saturated carbocycles. The fourth-order valence-electron chi connectivity index (χ4n) is 2.00. The number of amides is 2. The number of hydrogen-bond donors (Lipinski definition) is 1. The SMILES string of the molecule is CCN(Cc1cccc(C)n1)C(=O)N(C)CCCC(=O)O. The highest BCUT2D eigenvalue weighted by Gasteiger charge is 2.17. The van der Waals surface area contributed by atoms with Crippen molar-refractivity contribution in [3.63, 3.8) is 0 Å². The predicted octanol–water partition coefficient (Wildman–Crippen LogP) is 2.13. The minimum absolute atomic E-state index is 0.0726. The maximum absolute atomic E-state index is 12.3. The molecule has 0 aliphatic heterocycles. The lowest BCUT2D eigenvalue weighted by atomic mass is 10.3. The van der Waals surface area contributed by atoms with Crippen molar-refractivity contribution in [3.8, 4) is 0 Å². The second-order valence-electron chi connectivity index (χ2n) is 4.99. The van der Waals surface area contributed by atoms with Gasteiger partial charge in [0.1, 0.15) is 0 Å². The Morgan fingerprint density at radius 2 is 2.05 bits per heavy atom. The van der Waals surface area contributed by atoms with Crippen LogP contribution in [0.3, 0.4) is 0 Å². The highest BCUT2D eigenvalue weighted by Crippen LogP contribution is 2.06. The second-order valence-corrected chi connectivity index (χ2v) is 4.99. The summed E-state index contributed by atoms with van der Waals surface area (Å²) in [5, 5.41) is 8.62. The van der Waals surface area contributed by atoms with Crippen LogP contribution in [0.2, 0.25) is 0 Å². The Morgan fingerprint density at radius 1 is 1.33 bits per heavy atom. The van der Waals surface area contributed by atoms with Gasteiger partial charge in [-0.05, 0) is 32.4 Å². The maximum atomic E-state index is 12.3. The number of aliphatic carboxylic acids is 1. The second kappa shape index (κ2) is 8.24. The van der Waals surface area contributed by atoms with E-state index >= 15 is 0 Å². The van der Waals surface area contributed by atoms with Crippen molar-refractivity contribution in [2.45, 2.75) is 33.2 Å². The predicted molar refractivity (Wildman–Crippen MR) is 80.0 cm³/mol. The fraction of sp³-hybridized carbons (Fsp3) is 0.533. The van der Waals surface area contributed by atoms with Crippen LogP contribution in [0.25, 0.3) is 0 Å². The third-order valence-corrected chi connectivity index (χ3v) is 3.16. The zero-order chi connectivity index (χ0) is 15.8. The Kier molecular flexibility index (Phi) is 6.65. The summed E-state index contributed by atoms with van der Waals surface area (Å²) >= 11 is 0. The molecule has 116 valence electrons. The molecule has 21 heavy (non-hydrogen) atoms. The van der Waals surface area contributed by atoms with E-state index in [9.17, 15) is 9.59 Å². The zero-order valence-corrected chi connectivity index (χ0v) is 12.9. The van der Waals surface area contributed by atoms with E-state index in [1.54, 1.807) is 16.8 Å². The van der Waals surface area contributed by atoms with Crippen LogP contribution in [0, 0.1) is 6.92 Å². The van der Waals surface area contributed by atoms with E-state index in [0.29, 0.717) is 26.1 Å². The van der Waals surface area contributed by atoms with Crippen LogP contribution in [0.4, 0.5) is 4.79 Å². The van der Waals surface area contributed by atoms with Crippen LogP contribution in [-0.4, -0.2) is 52.0 Å². The van der Waals surface area contributed by atoms with Gasteiger partial charge in [0.05, 0.1) is 12.2 Å². The number of aryl methyl sites for hydroxylation is 1. The summed E-state index contributed by atoms with van der Waals surface area (Å²) in [4.78, 5) is 30.5. The number of carbonyl (C=O) groups excluding carboxylic acids is 1. The fourth-order valence-corrected chi connectivity index (χ4v) is 2.00. The Labute approximate surface area is 125 Å². The number of rotatable bonds is 7. The van der Waals surface area contributed by atoms with Crippen LogP contribution >= 0.6 is 0 Å². The van der Waals surface area contributed by atoms with Crippen molar-refractivity contribution in [3.05, 3.63) is 29.6 Å². The largest absolute Gasteiger partial charge is 0.481 e. The van der Waals surface area contributed by atoms with E-state index in [4.69, 9.17) is 5.11 Å². The number of pyridine rings is 1. The number of carboxylic acids is 1. The summed E-state index contributed by atoms with van der Waals surface area (Å²) in [6, 6.07) is 5.63. The maximum Gasteiger partial charge on any atom is 0.320 e. The highest BCUT2D eigenvalue weighted by atomic mass is 16.4. The molecule has 0 aliphatic carbocycles. The monoisotopic (exact) mass is 293 g/mol. The molecule has 0 fully saturated rings. The summed E-state index contributed by atoms with van der Waals surface area (Å²) in [5.74, 6) is -0.841. The van der Waals surface area contributed by atoms with Crippen molar-refractivity contribution in [2.75, 3.05) is 20.1 Å². The van der Waals surface area contributed by atoms with Crippen LogP contribution < -0.4 is 0 Å². The Morgan fingerprint density at radius 3 is 2.62 bits per heavy atom. The van der Waals surface area contributed by atoms with Gasteiger partial charge in [-0.3, -0.25) is 9.78 Å². The Bertz CT molecular complexity index is 491. The smallest absolute Gasteiger partial charge is 0.320 e. The lowest BCUT2D eigenvalue weighted by Gasteiger charge is -2.27. The molecule has 6 heteroatoms. The first-order valence-corrected chi connectivity index (χ1v) is 7.08. The summed E-state index contributed by atoms with van der Waals surface area (Å²) in [7, 11) is 1.69. The third-order valence-electron chi connectivity index (χ3n) is 3.16. The van der Waals surface area contributed by atoms with Gasteiger partial charge in [0.2, 0.25) is 0 Å². The lowest BCUT2D eigenvalue weighted by Crippen LogP contribution is -2.41. The summed E-state index contributed by atoms with van der Waals surface area (Å²) in [6.07, 6.45) is 0.529. The normalized spacial score (nSPS) is 10.2. The summed E-state index contributed by atoms with van der Waals surface area (Å²) in [5.41, 5.74) is 1.77. The van der Waals surface area contributed by atoms with Gasteiger partial charge in [-0.2, -0.15) is 0 Å². The minimum atomic E-state index is -0.841. The van der Waals surface area contributed by atoms with Crippen molar-refractivity contribution in [1.29, 1.82) is 0 Å². The zero-order valence-electron chi connectivity index (χ0n) is 12.9. The Hall–Kier alpha value is -2.11. The molecule has 1 rings (SSSR count). The van der Waals surface area contributed by atoms with E-state index < -0.39 is 5.97 Å². The van der Waals surface area contributed by atoms with Gasteiger partial charge < -0.3 is 14.9 Å². The van der Waals surface area contributed by atoms with E-state index in [-0.39, 0.29) is 12.5 Å². The standard InChI is InChI=1S/C15H23N3O3/c1-4-18(11-13-8-5-7-12(2)16-13)15(21)17(3)10-6-9-14(19)20/h5,7-8H,4,6,9-11H2,1-3H3,(H,19,20). The number of carbonyl (C=O) groups is 2. The van der Waals surface area contributed by atoms with Crippen LogP contribution in [-0.2, 0) is 11.3 Å². The molecule has 1 aromatic rings. The van der Waals surface area contributed by atoms with Gasteiger partial charge >= 0.3 is 12.0 Å². The first-order valence-electron chi connectivity index (χ1n) is 7.08. The van der Waals surface area contributed by atoms with Gasteiger partial charge in [-0.15, -0.1) is 0 Å². The molecule has 0 saturated heterocycles. The first kappa shape index (κ1) is 16.9. The number of nitrogens with zero attached hydrogens (tertiary/aromatic N) is 3. The first-order chi connectivity index (χ1) is 9.93. The number of hydrogen-bond acceptors (Lipinski definition) is 3. The number of carboxylic acid groups (broad SMARTS) is 1. The summed E-state index contributed by atoms with van der Waals surface area (Å²) in [6.45, 7) is 5.30. The topological polar surface area (TPSA) is 73.7 Å². The summed E-state index contributed by atoms with van der Waals surface area (Å²) < 4.78 is 0. The third kappa shape index (κ3) is 5.81. The van der Waals surface area contributed by atoms with E-state index in [2.05, 4.69) is 4.98 Å². The molecule has 0 aliphatic rings. The van der Waals surface area contributed by atoms with Crippen molar-refractivity contribution in [2.24, 2.45) is 0 Å². The van der Waals surface area contributed by atoms with Crippen molar-refractivity contribution in [1.82, 2.24) is 14.8 Å². The van der Waals surface area contributed by atoms with Crippen LogP contribution in [0.1, 0.15) is 31.2 Å². The molecular weight excluding hydrogens is 270 g/mol. The lowest BCUT2D eigenvalue weighted by molar-refractivity contribution is -0.137.